The molecule has 27 nitrogen and oxygen atoms in total. The lowest BCUT2D eigenvalue weighted by Crippen LogP contribution is -2.60. The second-order valence-electron chi connectivity index (χ2n) is 28.2. The number of rotatable bonds is 38. The van der Waals surface area contributed by atoms with Gasteiger partial charge < -0.3 is 66.4 Å². The summed E-state index contributed by atoms with van der Waals surface area (Å²) in [6, 6.07) is 10.2. The summed E-state index contributed by atoms with van der Waals surface area (Å²) in [5.74, 6) is -5.13. The van der Waals surface area contributed by atoms with Crippen LogP contribution in [0.3, 0.4) is 0 Å². The van der Waals surface area contributed by atoms with Crippen LogP contribution in [0.2, 0.25) is 0 Å². The van der Waals surface area contributed by atoms with E-state index in [1.165, 1.54) is 31.0 Å². The van der Waals surface area contributed by atoms with Crippen molar-refractivity contribution in [2.75, 3.05) is 53.3 Å². The third-order valence-corrected chi connectivity index (χ3v) is 18.1. The van der Waals surface area contributed by atoms with E-state index in [-0.39, 0.29) is 116 Å². The van der Waals surface area contributed by atoms with E-state index in [0.717, 1.165) is 29.7 Å². The number of likely N-dealkylation sites (tertiary alicyclic amines) is 1. The standard InChI is InChI=1S/C50H81N9O11.C24H36N2O5/c1-13-33(9)44(37(14-2)69-12)57(10)48(66)42(31(5)6)56-47(65)43(32(7)8)58(11)50(68)70-29-34-21-23-35(24-22-34)53-45(63)36(19-18-27-52-49(51)67)54-46(64)41(30(3)4)55-38(60)20-16-15-17-28-59-39(61)25-26-40(59)62;1-16(21(30-6)20-13-10-14-26(20)17(2)27)22(28)25-19(23(29)31-24(3,4)5)15-18-11-8-7-9-12-18/h21-26,30-33,36-37,41-44H,13-20,27-29H2,1-12H3,(H,53,63)(H,54,64)(H,55,60)(H,56,65)(H3,51,52,67);7-9,11-12,16,19-21H,10,13-15H2,1-6H3,(H,25,28)/t33-,36-,37+,41-,42-,43-,44-;16-,19+,20+,21-/m01/s1. The molecule has 0 spiro atoms. The van der Waals surface area contributed by atoms with Crippen LogP contribution in [0.25, 0.3) is 0 Å². The Morgan fingerprint density at radius 3 is 1.82 bits per heavy atom. The number of unbranched alkanes of at least 4 members (excludes halogenated alkanes) is 2. The number of amides is 12. The van der Waals surface area contributed by atoms with Crippen molar-refractivity contribution in [1.29, 1.82) is 0 Å². The normalized spacial score (nSPS) is 16.6. The van der Waals surface area contributed by atoms with Gasteiger partial charge in [-0.05, 0) is 113 Å². The Morgan fingerprint density at radius 2 is 1.29 bits per heavy atom. The number of carbonyl (C=O) groups excluding carboxylic acids is 12. The number of nitrogens with one attached hydrogen (secondary N) is 6. The number of likely N-dealkylation sites (N-methyl/N-ethyl adjacent to an activating group) is 2. The molecule has 2 aliphatic rings. The van der Waals surface area contributed by atoms with Crippen LogP contribution in [-0.2, 0) is 79.9 Å². The van der Waals surface area contributed by atoms with Gasteiger partial charge in [-0.15, -0.1) is 0 Å². The first-order valence-corrected chi connectivity index (χ1v) is 35.4. The van der Waals surface area contributed by atoms with Crippen molar-refractivity contribution in [1.82, 2.24) is 46.2 Å². The molecule has 101 heavy (non-hydrogen) atoms. The highest BCUT2D eigenvalue weighted by Crippen LogP contribution is 2.28. The first-order chi connectivity index (χ1) is 47.5. The van der Waals surface area contributed by atoms with Gasteiger partial charge in [0.25, 0.3) is 11.8 Å². The number of hydrogen-bond donors (Lipinski definition) is 7. The van der Waals surface area contributed by atoms with Crippen molar-refractivity contribution in [3.8, 4) is 0 Å². The van der Waals surface area contributed by atoms with Gasteiger partial charge in [0.1, 0.15) is 42.4 Å². The van der Waals surface area contributed by atoms with Gasteiger partial charge in [-0.3, -0.25) is 53.0 Å². The molecule has 27 heteroatoms. The fraction of sp³-hybridized carbons (Fsp3) is 0.649. The Kier molecular flexibility index (Phi) is 36.7. The van der Waals surface area contributed by atoms with Crippen molar-refractivity contribution >= 4 is 76.9 Å². The van der Waals surface area contributed by atoms with Gasteiger partial charge in [-0.2, -0.15) is 0 Å². The Labute approximate surface area is 597 Å². The molecule has 0 saturated carbocycles. The van der Waals surface area contributed by atoms with Gasteiger partial charge >= 0.3 is 18.1 Å². The minimum atomic E-state index is -1.08. The molecule has 564 valence electrons. The molecule has 8 N–H and O–H groups in total. The molecule has 4 rings (SSSR count). The van der Waals surface area contributed by atoms with Crippen molar-refractivity contribution in [2.24, 2.45) is 35.3 Å². The summed E-state index contributed by atoms with van der Waals surface area (Å²) in [4.78, 5) is 160. The molecular formula is C74H117N11O16. The first kappa shape index (κ1) is 86.8. The van der Waals surface area contributed by atoms with Crippen LogP contribution in [0, 0.1) is 29.6 Å². The monoisotopic (exact) mass is 1420 g/mol. The van der Waals surface area contributed by atoms with Gasteiger partial charge in [0, 0.05) is 85.6 Å². The van der Waals surface area contributed by atoms with Gasteiger partial charge in [0.2, 0.25) is 41.4 Å². The number of anilines is 1. The lowest BCUT2D eigenvalue weighted by Gasteiger charge is -2.40. The largest absolute Gasteiger partial charge is 0.458 e. The highest BCUT2D eigenvalue weighted by molar-refractivity contribution is 6.12. The molecule has 0 unspecified atom stereocenters. The average molecular weight is 1420 g/mol. The second-order valence-corrected chi connectivity index (χ2v) is 28.2. The van der Waals surface area contributed by atoms with Crippen LogP contribution in [0.5, 0.6) is 0 Å². The SMILES string of the molecule is CC[C@H](C)[C@@H]([C@@H](CC)OC)N(C)C(=O)[C@@H](NC(=O)[C@H](C(C)C)N(C)C(=O)OCc1ccc(NC(=O)[C@H](CCCNC(N)=O)NC(=O)[C@@H](NC(=O)CCCCCN2C(=O)C=CC2=O)C(C)C)cc1)C(C)C.CO[C@H]([C@@H](C)C(=O)N[C@@H](Cc1ccccc1)C(=O)OC(C)(C)C)[C@@H]1CCCN1C(C)=O. The maximum Gasteiger partial charge on any atom is 0.410 e. The number of nitrogens with zero attached hydrogens (tertiary/aromatic N) is 4. The molecule has 2 aliphatic heterocycles. The van der Waals surface area contributed by atoms with Crippen LogP contribution >= 0.6 is 0 Å². The Bertz CT molecular complexity index is 3060. The molecule has 1 saturated heterocycles. The fourth-order valence-electron chi connectivity index (χ4n) is 12.4. The van der Waals surface area contributed by atoms with Crippen LogP contribution in [0.15, 0.2) is 66.7 Å². The predicted octanol–water partition coefficient (Wildman–Crippen LogP) is 6.93. The first-order valence-electron chi connectivity index (χ1n) is 35.4. The molecule has 2 aromatic rings. The number of nitrogens with two attached hydrogens (primary N) is 1. The quantitative estimate of drug-likeness (QED) is 0.0203. The number of urea groups is 1. The second kappa shape index (κ2) is 42.7. The van der Waals surface area contributed by atoms with E-state index in [4.69, 9.17) is 24.7 Å². The highest BCUT2D eigenvalue weighted by Gasteiger charge is 2.42. The minimum absolute atomic E-state index is 0.0205. The van der Waals surface area contributed by atoms with Gasteiger partial charge in [-0.25, -0.2) is 14.4 Å². The number of imide groups is 1. The summed E-state index contributed by atoms with van der Waals surface area (Å²) in [7, 11) is 6.40. The molecular weight excluding hydrogens is 1300 g/mol. The molecule has 0 aliphatic carbocycles. The van der Waals surface area contributed by atoms with E-state index in [1.807, 2.05) is 51.1 Å². The Hall–Kier alpha value is -8.46. The average Bonchev–Trinajstić information content (AvgIpc) is 1.80. The van der Waals surface area contributed by atoms with Crippen molar-refractivity contribution in [3.63, 3.8) is 0 Å². The van der Waals surface area contributed by atoms with E-state index in [2.05, 4.69) is 45.7 Å². The number of ether oxygens (including phenoxy) is 4. The predicted molar refractivity (Wildman–Crippen MR) is 384 cm³/mol. The van der Waals surface area contributed by atoms with E-state index in [1.54, 1.807) is 111 Å². The number of hydrogen-bond acceptors (Lipinski definition) is 16. The summed E-state index contributed by atoms with van der Waals surface area (Å²) < 4.78 is 22.6. The van der Waals surface area contributed by atoms with Gasteiger partial charge in [-0.1, -0.05) is 125 Å². The Balaban J connectivity index is 0.000000707. The molecule has 2 aromatic carbocycles. The summed E-state index contributed by atoms with van der Waals surface area (Å²) in [5.41, 5.74) is 6.41. The van der Waals surface area contributed by atoms with E-state index in [0.29, 0.717) is 49.9 Å². The summed E-state index contributed by atoms with van der Waals surface area (Å²) in [5, 5.41) is 16.6. The van der Waals surface area contributed by atoms with Crippen molar-refractivity contribution < 1.29 is 76.5 Å². The molecule has 0 radical (unpaired) electrons. The third-order valence-electron chi connectivity index (χ3n) is 18.1. The number of carbonyl (C=O) groups is 12. The van der Waals surface area contributed by atoms with Crippen LogP contribution in [0.4, 0.5) is 15.3 Å². The lowest BCUT2D eigenvalue weighted by atomic mass is 9.90. The zero-order valence-electron chi connectivity index (χ0n) is 62.9. The molecule has 2 heterocycles. The van der Waals surface area contributed by atoms with Crippen LogP contribution in [0.1, 0.15) is 172 Å². The number of primary amides is 1. The maximum atomic E-state index is 14.0. The van der Waals surface area contributed by atoms with Gasteiger partial charge in [0.05, 0.1) is 30.2 Å². The lowest BCUT2D eigenvalue weighted by molar-refractivity contribution is -0.159. The fourth-order valence-corrected chi connectivity index (χ4v) is 12.4. The van der Waals surface area contributed by atoms with Crippen LogP contribution < -0.4 is 37.6 Å². The Morgan fingerprint density at radius 1 is 0.673 bits per heavy atom. The number of methoxy groups -OCH3 is 2. The zero-order chi connectivity index (χ0) is 76.0. The zero-order valence-corrected chi connectivity index (χ0v) is 62.9. The van der Waals surface area contributed by atoms with E-state index in [9.17, 15) is 57.5 Å². The topological polar surface area (TPSA) is 353 Å². The highest BCUT2D eigenvalue weighted by atomic mass is 16.6. The smallest absolute Gasteiger partial charge is 0.410 e. The minimum Gasteiger partial charge on any atom is -0.458 e. The maximum absolute atomic E-state index is 14.0. The van der Waals surface area contributed by atoms with E-state index < -0.39 is 83.6 Å². The van der Waals surface area contributed by atoms with Gasteiger partial charge in [0.15, 0.2) is 0 Å². The molecule has 12 amide bonds. The van der Waals surface area contributed by atoms with E-state index >= 15 is 0 Å². The van der Waals surface area contributed by atoms with Crippen molar-refractivity contribution in [2.45, 2.75) is 234 Å². The number of esters is 1. The molecule has 11 atom stereocenters. The summed E-state index contributed by atoms with van der Waals surface area (Å²) in [6.07, 6.45) is 6.63. The van der Waals surface area contributed by atoms with Crippen molar-refractivity contribution in [3.05, 3.63) is 77.9 Å². The molecule has 0 bridgehead atoms. The van der Waals surface area contributed by atoms with Crippen LogP contribution in [-0.4, -0.2) is 199 Å². The third kappa shape index (κ3) is 28.1. The molecule has 0 aromatic heterocycles. The molecule has 1 fully saturated rings. The number of benzene rings is 2. The summed E-state index contributed by atoms with van der Waals surface area (Å²) in [6.45, 7) is 26.6. The summed E-state index contributed by atoms with van der Waals surface area (Å²) >= 11 is 0.